The van der Waals surface area contributed by atoms with E-state index in [0.29, 0.717) is 0 Å². The number of benzene rings is 1. The van der Waals surface area contributed by atoms with E-state index in [-0.39, 0.29) is 17.5 Å². The molecule has 0 fully saturated rings. The Morgan fingerprint density at radius 3 is 2.50 bits per heavy atom. The fourth-order valence-electron chi connectivity index (χ4n) is 2.78. The number of anilines is 1. The number of fused-ring (bicyclic) bond motifs is 1. The predicted molar refractivity (Wildman–Crippen MR) is 90.8 cm³/mol. The number of nitro benzene ring substituents is 1. The van der Waals surface area contributed by atoms with E-state index in [1.54, 1.807) is 0 Å². The molecule has 1 aromatic heterocycles. The van der Waals surface area contributed by atoms with Crippen molar-refractivity contribution in [2.24, 2.45) is 0 Å². The van der Waals surface area contributed by atoms with Gasteiger partial charge in [0.15, 0.2) is 5.60 Å². The number of carbonyl (C=O) groups excluding carboxylic acids is 2. The second-order valence-electron chi connectivity index (χ2n) is 5.94. The second-order valence-corrected chi connectivity index (χ2v) is 5.94. The van der Waals surface area contributed by atoms with E-state index in [9.17, 15) is 38.0 Å². The number of aliphatic hydroxyl groups is 1. The van der Waals surface area contributed by atoms with E-state index in [1.807, 2.05) is 5.32 Å². The summed E-state index contributed by atoms with van der Waals surface area (Å²) < 4.78 is 45.9. The third-order valence-corrected chi connectivity index (χ3v) is 3.88. The summed E-state index contributed by atoms with van der Waals surface area (Å²) in [5, 5.41) is 23.2. The fourth-order valence-corrected chi connectivity index (χ4v) is 2.78. The summed E-state index contributed by atoms with van der Waals surface area (Å²) in [6, 6.07) is 2.88. The van der Waals surface area contributed by atoms with Gasteiger partial charge in [0, 0.05) is 29.5 Å². The highest BCUT2D eigenvalue weighted by atomic mass is 19.4. The lowest BCUT2D eigenvalue weighted by Gasteiger charge is -2.30. The largest absolute Gasteiger partial charge is 0.450 e. The molecule has 9 nitrogen and oxygen atoms in total. The Morgan fingerprint density at radius 1 is 1.36 bits per heavy atom. The van der Waals surface area contributed by atoms with Gasteiger partial charge in [-0.25, -0.2) is 4.79 Å². The van der Waals surface area contributed by atoms with Crippen molar-refractivity contribution in [3.8, 4) is 0 Å². The van der Waals surface area contributed by atoms with Crippen LogP contribution in [-0.2, 0) is 15.1 Å². The molecular weight excluding hydrogens is 387 g/mol. The summed E-state index contributed by atoms with van der Waals surface area (Å²) in [4.78, 5) is 35.8. The molecule has 12 heteroatoms. The molecule has 0 saturated carbocycles. The number of ketones is 1. The van der Waals surface area contributed by atoms with Crippen LogP contribution < -0.4 is 5.32 Å². The predicted octanol–water partition coefficient (Wildman–Crippen LogP) is 3.37. The lowest BCUT2D eigenvalue weighted by Crippen LogP contribution is -2.44. The van der Waals surface area contributed by atoms with Crippen molar-refractivity contribution in [2.45, 2.75) is 32.0 Å². The van der Waals surface area contributed by atoms with Crippen LogP contribution in [0.5, 0.6) is 0 Å². The Morgan fingerprint density at radius 2 is 2.00 bits per heavy atom. The molecule has 28 heavy (non-hydrogen) atoms. The van der Waals surface area contributed by atoms with Crippen molar-refractivity contribution < 1.29 is 37.5 Å². The maximum atomic E-state index is 13.8. The minimum Gasteiger partial charge on any atom is -0.450 e. The Bertz CT molecular complexity index is 940. The third-order valence-electron chi connectivity index (χ3n) is 3.88. The number of Topliss-reactive ketones (excluding diaryl/α,β-unsaturated/α-hetero) is 1. The number of halogens is 3. The number of nitrogens with zero attached hydrogens (tertiary/aromatic N) is 1. The lowest BCUT2D eigenvalue weighted by molar-refractivity contribution is -0.384. The van der Waals surface area contributed by atoms with Gasteiger partial charge in [-0.15, -0.1) is 0 Å². The molecule has 0 spiro atoms. The van der Waals surface area contributed by atoms with Crippen LogP contribution in [0.4, 0.5) is 29.5 Å². The van der Waals surface area contributed by atoms with Crippen LogP contribution in [0.1, 0.15) is 25.8 Å². The number of hydrogen-bond donors (Lipinski definition) is 3. The minimum atomic E-state index is -5.29. The molecule has 3 N–H and O–H groups in total. The van der Waals surface area contributed by atoms with Crippen molar-refractivity contribution in [3.63, 3.8) is 0 Å². The summed E-state index contributed by atoms with van der Waals surface area (Å²) in [6.45, 7) is 2.26. The molecule has 1 amide bonds. The first-order chi connectivity index (χ1) is 12.9. The molecule has 1 unspecified atom stereocenters. The average Bonchev–Trinajstić information content (AvgIpc) is 2.90. The maximum Gasteiger partial charge on any atom is 0.422 e. The van der Waals surface area contributed by atoms with Gasteiger partial charge in [-0.3, -0.25) is 20.2 Å². The van der Waals surface area contributed by atoms with Crippen LogP contribution in [0.3, 0.4) is 0 Å². The van der Waals surface area contributed by atoms with Crippen LogP contribution >= 0.6 is 0 Å². The van der Waals surface area contributed by atoms with Gasteiger partial charge in [-0.2, -0.15) is 13.2 Å². The number of aromatic amines is 1. The molecule has 152 valence electrons. The van der Waals surface area contributed by atoms with Gasteiger partial charge in [-0.1, -0.05) is 0 Å². The zero-order chi connectivity index (χ0) is 21.3. The molecule has 0 saturated heterocycles. The first kappa shape index (κ1) is 21.2. The standard InChI is InChI=1S/C16H16F3N3O6/c1-3-28-14(24)21-13-12(15(25,7-8(2)23)16(17,18)19)10-5-4-9(22(26)27)6-11(10)20-13/h4-6,20,25H,3,7H2,1-2H3,(H,21,24). The van der Waals surface area contributed by atoms with Crippen molar-refractivity contribution in [2.75, 3.05) is 11.9 Å². The monoisotopic (exact) mass is 403 g/mol. The van der Waals surface area contributed by atoms with Gasteiger partial charge in [0.1, 0.15) is 11.6 Å². The number of nitrogens with one attached hydrogen (secondary N) is 2. The first-order valence-electron chi connectivity index (χ1n) is 7.93. The third kappa shape index (κ3) is 3.91. The Labute approximate surface area is 155 Å². The lowest BCUT2D eigenvalue weighted by atomic mass is 9.87. The molecule has 0 bridgehead atoms. The van der Waals surface area contributed by atoms with Crippen LogP contribution in [0.15, 0.2) is 18.2 Å². The number of alkyl halides is 3. The van der Waals surface area contributed by atoms with Gasteiger partial charge in [0.25, 0.3) is 5.69 Å². The molecule has 0 radical (unpaired) electrons. The topological polar surface area (TPSA) is 135 Å². The minimum absolute atomic E-state index is 0.0795. The number of hydrogen-bond acceptors (Lipinski definition) is 6. The molecule has 0 aliphatic rings. The Kier molecular flexibility index (Phi) is 5.64. The van der Waals surface area contributed by atoms with Crippen LogP contribution in [0.25, 0.3) is 10.9 Å². The summed E-state index contributed by atoms with van der Waals surface area (Å²) >= 11 is 0. The van der Waals surface area contributed by atoms with Gasteiger partial charge >= 0.3 is 12.3 Å². The highest BCUT2D eigenvalue weighted by Crippen LogP contribution is 2.48. The second kappa shape index (κ2) is 7.46. The highest BCUT2D eigenvalue weighted by Gasteiger charge is 2.58. The summed E-state index contributed by atoms with van der Waals surface area (Å²) in [6.07, 6.45) is -7.73. The number of non-ortho nitro benzene ring substituents is 1. The number of ether oxygens (including phenoxy) is 1. The number of nitro groups is 1. The van der Waals surface area contributed by atoms with Crippen LogP contribution in [0, 0.1) is 10.1 Å². The number of carbonyl (C=O) groups is 2. The fraction of sp³-hybridized carbons (Fsp3) is 0.375. The molecular formula is C16H16F3N3O6. The van der Waals surface area contributed by atoms with Crippen LogP contribution in [-0.4, -0.2) is 39.7 Å². The summed E-state index contributed by atoms with van der Waals surface area (Å²) in [7, 11) is 0. The zero-order valence-corrected chi connectivity index (χ0v) is 14.7. The van der Waals surface area contributed by atoms with Crippen molar-refractivity contribution >= 4 is 34.3 Å². The number of H-pyrrole nitrogens is 1. The van der Waals surface area contributed by atoms with Gasteiger partial charge in [0.05, 0.1) is 17.0 Å². The van der Waals surface area contributed by atoms with E-state index in [4.69, 9.17) is 0 Å². The number of aromatic nitrogens is 1. The highest BCUT2D eigenvalue weighted by molar-refractivity contribution is 5.96. The van der Waals surface area contributed by atoms with Gasteiger partial charge < -0.3 is 14.8 Å². The summed E-state index contributed by atoms with van der Waals surface area (Å²) in [5.41, 5.74) is -5.07. The van der Waals surface area contributed by atoms with E-state index < -0.39 is 52.1 Å². The molecule has 0 aliphatic carbocycles. The van der Waals surface area contributed by atoms with Crippen molar-refractivity contribution in [3.05, 3.63) is 33.9 Å². The van der Waals surface area contributed by atoms with Crippen molar-refractivity contribution in [1.29, 1.82) is 0 Å². The maximum absolute atomic E-state index is 13.8. The molecule has 1 aromatic carbocycles. The zero-order valence-electron chi connectivity index (χ0n) is 14.7. The van der Waals surface area contributed by atoms with E-state index in [2.05, 4.69) is 9.72 Å². The normalized spacial score (nSPS) is 13.8. The summed E-state index contributed by atoms with van der Waals surface area (Å²) in [5.74, 6) is -1.55. The van der Waals surface area contributed by atoms with E-state index in [1.165, 1.54) is 6.92 Å². The Balaban J connectivity index is 2.79. The van der Waals surface area contributed by atoms with Gasteiger partial charge in [-0.05, 0) is 19.9 Å². The molecule has 2 rings (SSSR count). The molecule has 2 aromatic rings. The number of rotatable bonds is 6. The molecule has 1 atom stereocenters. The van der Waals surface area contributed by atoms with E-state index >= 15 is 0 Å². The van der Waals surface area contributed by atoms with Gasteiger partial charge in [0.2, 0.25) is 0 Å². The quantitative estimate of drug-likeness (QED) is 0.500. The Hall–Kier alpha value is -3.15. The van der Waals surface area contributed by atoms with Crippen molar-refractivity contribution in [1.82, 2.24) is 4.98 Å². The first-order valence-corrected chi connectivity index (χ1v) is 7.93. The smallest absolute Gasteiger partial charge is 0.422 e. The average molecular weight is 403 g/mol. The van der Waals surface area contributed by atoms with E-state index in [0.717, 1.165) is 25.1 Å². The van der Waals surface area contributed by atoms with Crippen LogP contribution in [0.2, 0.25) is 0 Å². The SMILES string of the molecule is CCOC(=O)Nc1[nH]c2cc([N+](=O)[O-])ccc2c1C(O)(CC(C)=O)C(F)(F)F. The molecule has 1 heterocycles. The number of amides is 1. The molecule has 0 aliphatic heterocycles.